The third-order valence-corrected chi connectivity index (χ3v) is 4.95. The van der Waals surface area contributed by atoms with E-state index in [4.69, 9.17) is 0 Å². The summed E-state index contributed by atoms with van der Waals surface area (Å²) in [6.45, 7) is 3.86. The van der Waals surface area contributed by atoms with Crippen LogP contribution >= 0.6 is 11.8 Å². The van der Waals surface area contributed by atoms with Crippen LogP contribution in [0.4, 0.5) is 8.78 Å². The summed E-state index contributed by atoms with van der Waals surface area (Å²) in [4.78, 5) is 8.23. The first-order valence-corrected chi connectivity index (χ1v) is 8.62. The Balaban J connectivity index is 1.84. The van der Waals surface area contributed by atoms with E-state index in [-0.39, 0.29) is 0 Å². The predicted octanol–water partition coefficient (Wildman–Crippen LogP) is 4.26. The molecule has 2 heterocycles. The van der Waals surface area contributed by atoms with Crippen LogP contribution in [0.5, 0.6) is 0 Å². The lowest BCUT2D eigenvalue weighted by Crippen LogP contribution is -2.01. The third-order valence-electron chi connectivity index (χ3n) is 3.98. The maximum Gasteiger partial charge on any atom is 0.202 e. The topological polar surface area (TPSA) is 56.5 Å². The monoisotopic (exact) mass is 369 g/mol. The molecule has 0 N–H and O–H groups in total. The summed E-state index contributed by atoms with van der Waals surface area (Å²) in [5, 5.41) is 9.87. The van der Waals surface area contributed by atoms with Crippen molar-refractivity contribution in [2.75, 3.05) is 0 Å². The Morgan fingerprint density at radius 1 is 0.962 bits per heavy atom. The molecule has 5 nitrogen and oxygen atoms in total. The zero-order valence-electron chi connectivity index (χ0n) is 13.9. The summed E-state index contributed by atoms with van der Waals surface area (Å²) in [7, 11) is 0. The van der Waals surface area contributed by atoms with Gasteiger partial charge in [0, 0.05) is 11.5 Å². The number of hydrogen-bond acceptors (Lipinski definition) is 5. The van der Waals surface area contributed by atoms with Gasteiger partial charge in [0.25, 0.3) is 0 Å². The number of aryl methyl sites for hydroxylation is 2. The van der Waals surface area contributed by atoms with Crippen molar-refractivity contribution in [2.24, 2.45) is 0 Å². The van der Waals surface area contributed by atoms with Gasteiger partial charge in [-0.1, -0.05) is 18.2 Å². The van der Waals surface area contributed by atoms with E-state index in [0.717, 1.165) is 29.2 Å². The molecule has 2 aromatic carbocycles. The lowest BCUT2D eigenvalue weighted by atomic mass is 10.2. The van der Waals surface area contributed by atoms with Gasteiger partial charge in [-0.2, -0.15) is 0 Å². The van der Waals surface area contributed by atoms with Gasteiger partial charge >= 0.3 is 0 Å². The zero-order valence-corrected chi connectivity index (χ0v) is 14.8. The molecule has 0 radical (unpaired) electrons. The fraction of sp³-hybridized carbons (Fsp3) is 0.111. The summed E-state index contributed by atoms with van der Waals surface area (Å²) < 4.78 is 29.1. The van der Waals surface area contributed by atoms with Crippen LogP contribution in [0.1, 0.15) is 11.4 Å². The maximum absolute atomic E-state index is 13.7. The molecule has 0 aliphatic rings. The van der Waals surface area contributed by atoms with E-state index in [2.05, 4.69) is 20.2 Å². The molecule has 8 heteroatoms. The molecule has 0 aliphatic carbocycles. The van der Waals surface area contributed by atoms with Crippen molar-refractivity contribution in [2.45, 2.75) is 24.0 Å². The molecular weight excluding hydrogens is 356 g/mol. The molecule has 0 spiro atoms. The van der Waals surface area contributed by atoms with Crippen LogP contribution in [0.3, 0.4) is 0 Å². The van der Waals surface area contributed by atoms with E-state index in [1.165, 1.54) is 18.1 Å². The molecule has 0 saturated heterocycles. The highest BCUT2D eigenvalue weighted by molar-refractivity contribution is 7.99. The number of nitrogens with zero attached hydrogens (tertiary/aromatic N) is 5. The molecule has 0 saturated carbocycles. The number of halogens is 2. The fourth-order valence-corrected chi connectivity index (χ4v) is 3.65. The third kappa shape index (κ3) is 2.82. The van der Waals surface area contributed by atoms with Crippen molar-refractivity contribution >= 4 is 22.7 Å². The van der Waals surface area contributed by atoms with E-state index in [1.54, 1.807) is 0 Å². The Morgan fingerprint density at radius 3 is 2.54 bits per heavy atom. The number of para-hydroxylation sites is 1. The van der Waals surface area contributed by atoms with Crippen LogP contribution in [0.25, 0.3) is 16.6 Å². The summed E-state index contributed by atoms with van der Waals surface area (Å²) in [5.41, 5.74) is 2.35. The maximum atomic E-state index is 13.7. The number of fused-ring (bicyclic) bond motifs is 1. The smallest absolute Gasteiger partial charge is 0.202 e. The molecule has 0 fully saturated rings. The minimum atomic E-state index is -0.939. The first-order valence-electron chi connectivity index (χ1n) is 7.80. The Labute approximate surface area is 152 Å². The van der Waals surface area contributed by atoms with Gasteiger partial charge in [0.15, 0.2) is 11.6 Å². The second-order valence-corrected chi connectivity index (χ2v) is 6.67. The van der Waals surface area contributed by atoms with Crippen molar-refractivity contribution in [3.05, 3.63) is 65.7 Å². The van der Waals surface area contributed by atoms with Gasteiger partial charge in [-0.05, 0) is 43.3 Å². The highest BCUT2D eigenvalue weighted by atomic mass is 32.2. The van der Waals surface area contributed by atoms with Gasteiger partial charge < -0.3 is 0 Å². The Kier molecular flexibility index (Phi) is 4.12. The molecule has 26 heavy (non-hydrogen) atoms. The van der Waals surface area contributed by atoms with Gasteiger partial charge in [-0.25, -0.2) is 18.7 Å². The fourth-order valence-electron chi connectivity index (χ4n) is 2.70. The van der Waals surface area contributed by atoms with E-state index >= 15 is 0 Å². The zero-order chi connectivity index (χ0) is 18.3. The molecule has 0 amide bonds. The van der Waals surface area contributed by atoms with E-state index in [0.29, 0.717) is 21.1 Å². The average Bonchev–Trinajstić information content (AvgIpc) is 2.97. The molecule has 130 valence electrons. The van der Waals surface area contributed by atoms with Gasteiger partial charge in [0.2, 0.25) is 5.16 Å². The molecule has 4 aromatic rings. The van der Waals surface area contributed by atoms with Gasteiger partial charge in [0.1, 0.15) is 17.2 Å². The van der Waals surface area contributed by atoms with Crippen molar-refractivity contribution in [1.29, 1.82) is 0 Å². The lowest BCUT2D eigenvalue weighted by Gasteiger charge is -2.11. The molecule has 2 aromatic heterocycles. The van der Waals surface area contributed by atoms with Crippen LogP contribution in [-0.2, 0) is 0 Å². The normalized spacial score (nSPS) is 11.2. The van der Waals surface area contributed by atoms with Crippen LogP contribution in [0, 0.1) is 25.5 Å². The Morgan fingerprint density at radius 2 is 1.73 bits per heavy atom. The molecule has 0 atom stereocenters. The molecular formula is C18H13F2N5S. The lowest BCUT2D eigenvalue weighted by molar-refractivity contribution is 0.510. The standard InChI is InChI=1S/C18H13F2N5S/c1-10-5-3-4-6-16(10)25-11(2)23-24-18(25)26-17-12-7-13(19)14(20)8-15(12)21-9-22-17/h3-9H,1-2H3. The van der Waals surface area contributed by atoms with E-state index in [9.17, 15) is 8.78 Å². The van der Waals surface area contributed by atoms with Crippen LogP contribution in [0.2, 0.25) is 0 Å². The molecule has 0 aliphatic heterocycles. The van der Waals surface area contributed by atoms with Crippen molar-refractivity contribution in [1.82, 2.24) is 24.7 Å². The molecule has 0 unspecified atom stereocenters. The SMILES string of the molecule is Cc1ccccc1-n1c(C)nnc1Sc1ncnc2cc(F)c(F)cc12. The summed E-state index contributed by atoms with van der Waals surface area (Å²) in [6, 6.07) is 10.0. The predicted molar refractivity (Wildman–Crippen MR) is 94.4 cm³/mol. The van der Waals surface area contributed by atoms with Crippen LogP contribution < -0.4 is 0 Å². The first-order chi connectivity index (χ1) is 12.5. The van der Waals surface area contributed by atoms with Crippen molar-refractivity contribution in [3.8, 4) is 5.69 Å². The second-order valence-electron chi connectivity index (χ2n) is 5.72. The largest absolute Gasteiger partial charge is 0.274 e. The van der Waals surface area contributed by atoms with Crippen molar-refractivity contribution < 1.29 is 8.78 Å². The van der Waals surface area contributed by atoms with Gasteiger partial charge in [-0.15, -0.1) is 10.2 Å². The van der Waals surface area contributed by atoms with E-state index in [1.807, 2.05) is 42.7 Å². The minimum absolute atomic E-state index is 0.333. The average molecular weight is 369 g/mol. The minimum Gasteiger partial charge on any atom is -0.274 e. The van der Waals surface area contributed by atoms with Gasteiger partial charge in [0.05, 0.1) is 11.2 Å². The molecule has 0 bridgehead atoms. The summed E-state index contributed by atoms with van der Waals surface area (Å²) >= 11 is 1.23. The van der Waals surface area contributed by atoms with Gasteiger partial charge in [-0.3, -0.25) is 4.57 Å². The number of hydrogen-bond donors (Lipinski definition) is 0. The van der Waals surface area contributed by atoms with E-state index < -0.39 is 11.6 Å². The Hall–Kier alpha value is -2.87. The number of benzene rings is 2. The summed E-state index contributed by atoms with van der Waals surface area (Å²) in [5.74, 6) is -1.16. The Bertz CT molecular complexity index is 1130. The second kappa shape index (κ2) is 6.45. The highest BCUT2D eigenvalue weighted by Gasteiger charge is 2.17. The van der Waals surface area contributed by atoms with Crippen LogP contribution in [0.15, 0.2) is 52.9 Å². The van der Waals surface area contributed by atoms with Crippen molar-refractivity contribution in [3.63, 3.8) is 0 Å². The quantitative estimate of drug-likeness (QED) is 0.505. The molecule has 4 rings (SSSR count). The first kappa shape index (κ1) is 16.6. The highest BCUT2D eigenvalue weighted by Crippen LogP contribution is 2.33. The summed E-state index contributed by atoms with van der Waals surface area (Å²) in [6.07, 6.45) is 1.32. The van der Waals surface area contributed by atoms with Crippen LogP contribution in [-0.4, -0.2) is 24.7 Å². The number of aromatic nitrogens is 5. The number of rotatable bonds is 3.